The van der Waals surface area contributed by atoms with Crippen LogP contribution in [0.25, 0.3) is 0 Å². The molecule has 21 heavy (non-hydrogen) atoms. The molecule has 1 amide bonds. The molecule has 5 heteroatoms. The minimum absolute atomic E-state index is 0.0566. The van der Waals surface area contributed by atoms with Gasteiger partial charge in [0.25, 0.3) is 5.91 Å². The zero-order valence-electron chi connectivity index (χ0n) is 12.3. The van der Waals surface area contributed by atoms with Crippen LogP contribution in [-0.2, 0) is 0 Å². The molecule has 0 bridgehead atoms. The summed E-state index contributed by atoms with van der Waals surface area (Å²) in [5, 5.41) is 15.2. The van der Waals surface area contributed by atoms with Crippen LogP contribution in [0.3, 0.4) is 0 Å². The maximum Gasteiger partial charge on any atom is 0.261 e. The van der Waals surface area contributed by atoms with Crippen molar-refractivity contribution in [2.24, 2.45) is 0 Å². The molecular weight excluding hydrogens is 284 g/mol. The highest BCUT2D eigenvalue weighted by Gasteiger charge is 2.31. The van der Waals surface area contributed by atoms with E-state index in [0.717, 1.165) is 50.1 Å². The van der Waals surface area contributed by atoms with Crippen molar-refractivity contribution in [2.75, 3.05) is 13.1 Å². The molecule has 4 nitrogen and oxygen atoms in total. The van der Waals surface area contributed by atoms with Crippen molar-refractivity contribution in [1.82, 2.24) is 10.2 Å². The number of likely N-dealkylation sites (tertiary alicyclic amines) is 1. The van der Waals surface area contributed by atoms with Crippen LogP contribution in [0.15, 0.2) is 17.5 Å². The van der Waals surface area contributed by atoms with Gasteiger partial charge in [-0.2, -0.15) is 0 Å². The summed E-state index contributed by atoms with van der Waals surface area (Å²) in [5.74, 6) is 0.0566. The second-order valence-electron chi connectivity index (χ2n) is 6.18. The molecule has 1 saturated carbocycles. The Balaban J connectivity index is 1.47. The van der Waals surface area contributed by atoms with E-state index in [0.29, 0.717) is 6.04 Å². The van der Waals surface area contributed by atoms with Crippen LogP contribution < -0.4 is 5.32 Å². The van der Waals surface area contributed by atoms with Crippen molar-refractivity contribution in [3.8, 4) is 0 Å². The number of hydrogen-bond acceptors (Lipinski definition) is 4. The first-order valence-corrected chi connectivity index (χ1v) is 8.88. The molecule has 2 unspecified atom stereocenters. The molecule has 1 aliphatic heterocycles. The Hall–Kier alpha value is -0.910. The fourth-order valence-electron chi connectivity index (χ4n) is 3.56. The van der Waals surface area contributed by atoms with Gasteiger partial charge >= 0.3 is 0 Å². The summed E-state index contributed by atoms with van der Waals surface area (Å²) in [6.07, 6.45) is 6.27. The molecule has 2 fully saturated rings. The molecule has 2 heterocycles. The average molecular weight is 308 g/mol. The quantitative estimate of drug-likeness (QED) is 0.900. The summed E-state index contributed by atoms with van der Waals surface area (Å²) in [7, 11) is 0. The third kappa shape index (κ3) is 3.65. The van der Waals surface area contributed by atoms with Gasteiger partial charge in [0, 0.05) is 25.2 Å². The van der Waals surface area contributed by atoms with Crippen molar-refractivity contribution in [1.29, 1.82) is 0 Å². The van der Waals surface area contributed by atoms with E-state index in [-0.39, 0.29) is 18.1 Å². The molecule has 0 aromatic carbocycles. The second kappa shape index (κ2) is 6.90. The fraction of sp³-hybridized carbons (Fsp3) is 0.688. The lowest BCUT2D eigenvalue weighted by Gasteiger charge is -2.41. The Morgan fingerprint density at radius 1 is 1.24 bits per heavy atom. The summed E-state index contributed by atoms with van der Waals surface area (Å²) in [4.78, 5) is 15.3. The van der Waals surface area contributed by atoms with E-state index < -0.39 is 0 Å². The van der Waals surface area contributed by atoms with E-state index in [1.54, 1.807) is 0 Å². The smallest absolute Gasteiger partial charge is 0.261 e. The largest absolute Gasteiger partial charge is 0.391 e. The zero-order valence-corrected chi connectivity index (χ0v) is 13.1. The molecule has 3 rings (SSSR count). The Morgan fingerprint density at radius 2 is 2.00 bits per heavy atom. The molecule has 1 aromatic rings. The van der Waals surface area contributed by atoms with E-state index in [9.17, 15) is 9.90 Å². The lowest BCUT2D eigenvalue weighted by molar-refractivity contribution is 0.00728. The van der Waals surface area contributed by atoms with Gasteiger partial charge in [-0.05, 0) is 37.1 Å². The summed E-state index contributed by atoms with van der Waals surface area (Å²) in [6, 6.07) is 4.39. The first-order valence-electron chi connectivity index (χ1n) is 8.00. The summed E-state index contributed by atoms with van der Waals surface area (Å²) in [5.41, 5.74) is 0. The molecular formula is C16H24N2O2S. The molecule has 0 radical (unpaired) electrons. The van der Waals surface area contributed by atoms with Crippen molar-refractivity contribution in [2.45, 2.75) is 56.7 Å². The van der Waals surface area contributed by atoms with E-state index in [1.165, 1.54) is 17.8 Å². The van der Waals surface area contributed by atoms with Crippen LogP contribution in [0, 0.1) is 0 Å². The van der Waals surface area contributed by atoms with Crippen molar-refractivity contribution < 1.29 is 9.90 Å². The van der Waals surface area contributed by atoms with Crippen LogP contribution >= 0.6 is 11.3 Å². The SMILES string of the molecule is O=C(NC1CCN(C2CCCCC2O)CC1)c1cccs1. The monoisotopic (exact) mass is 308 g/mol. The van der Waals surface area contributed by atoms with Gasteiger partial charge < -0.3 is 10.4 Å². The number of thiophene rings is 1. The van der Waals surface area contributed by atoms with Crippen LogP contribution in [0.5, 0.6) is 0 Å². The highest BCUT2D eigenvalue weighted by Crippen LogP contribution is 2.26. The topological polar surface area (TPSA) is 52.6 Å². The Bertz CT molecular complexity index is 455. The number of hydrogen-bond donors (Lipinski definition) is 2. The lowest BCUT2D eigenvalue weighted by atomic mass is 9.89. The number of rotatable bonds is 3. The van der Waals surface area contributed by atoms with Gasteiger partial charge in [0.05, 0.1) is 11.0 Å². The number of aliphatic hydroxyl groups is 1. The van der Waals surface area contributed by atoms with Gasteiger partial charge in [-0.3, -0.25) is 9.69 Å². The van der Waals surface area contributed by atoms with Crippen LogP contribution in [0.1, 0.15) is 48.2 Å². The summed E-state index contributed by atoms with van der Waals surface area (Å²) in [6.45, 7) is 1.97. The number of piperidine rings is 1. The van der Waals surface area contributed by atoms with Gasteiger partial charge in [0.2, 0.25) is 0 Å². The van der Waals surface area contributed by atoms with Crippen LogP contribution in [0.4, 0.5) is 0 Å². The van der Waals surface area contributed by atoms with Crippen molar-refractivity contribution >= 4 is 17.2 Å². The molecule has 1 saturated heterocycles. The third-order valence-electron chi connectivity index (χ3n) is 4.77. The number of amides is 1. The van der Waals surface area contributed by atoms with E-state index in [2.05, 4.69) is 10.2 Å². The van der Waals surface area contributed by atoms with Gasteiger partial charge in [-0.25, -0.2) is 0 Å². The molecule has 2 N–H and O–H groups in total. The van der Waals surface area contributed by atoms with Gasteiger partial charge in [-0.15, -0.1) is 11.3 Å². The second-order valence-corrected chi connectivity index (χ2v) is 7.13. The predicted molar refractivity (Wildman–Crippen MR) is 84.6 cm³/mol. The molecule has 2 atom stereocenters. The molecule has 2 aliphatic rings. The van der Waals surface area contributed by atoms with E-state index >= 15 is 0 Å². The Labute approximate surface area is 130 Å². The standard InChI is InChI=1S/C16H24N2O2S/c19-14-5-2-1-4-13(14)18-9-7-12(8-10-18)17-16(20)15-6-3-11-21-15/h3,6,11-14,19H,1-2,4-5,7-10H2,(H,17,20). The number of carbonyl (C=O) groups excluding carboxylic acids is 1. The summed E-state index contributed by atoms with van der Waals surface area (Å²) >= 11 is 1.49. The minimum Gasteiger partial charge on any atom is -0.391 e. The molecule has 1 aromatic heterocycles. The Morgan fingerprint density at radius 3 is 2.67 bits per heavy atom. The lowest BCUT2D eigenvalue weighted by Crippen LogP contribution is -2.52. The van der Waals surface area contributed by atoms with Gasteiger partial charge in [-0.1, -0.05) is 18.9 Å². The minimum atomic E-state index is -0.156. The molecule has 1 aliphatic carbocycles. The first kappa shape index (κ1) is 15.0. The maximum absolute atomic E-state index is 12.1. The zero-order chi connectivity index (χ0) is 14.7. The fourth-order valence-corrected chi connectivity index (χ4v) is 4.18. The van der Waals surface area contributed by atoms with E-state index in [4.69, 9.17) is 0 Å². The molecule has 0 spiro atoms. The van der Waals surface area contributed by atoms with Gasteiger partial charge in [0.1, 0.15) is 0 Å². The average Bonchev–Trinajstić information content (AvgIpc) is 3.03. The number of carbonyl (C=O) groups is 1. The number of nitrogens with zero attached hydrogens (tertiary/aromatic N) is 1. The summed E-state index contributed by atoms with van der Waals surface area (Å²) < 4.78 is 0. The van der Waals surface area contributed by atoms with Crippen molar-refractivity contribution in [3.05, 3.63) is 22.4 Å². The third-order valence-corrected chi connectivity index (χ3v) is 5.64. The van der Waals surface area contributed by atoms with Gasteiger partial charge in [0.15, 0.2) is 0 Å². The Kier molecular flexibility index (Phi) is 4.93. The number of nitrogens with one attached hydrogen (secondary N) is 1. The van der Waals surface area contributed by atoms with Crippen molar-refractivity contribution in [3.63, 3.8) is 0 Å². The normalized spacial score (nSPS) is 28.4. The maximum atomic E-state index is 12.1. The number of aliphatic hydroxyl groups excluding tert-OH is 1. The highest BCUT2D eigenvalue weighted by atomic mass is 32.1. The van der Waals surface area contributed by atoms with Crippen LogP contribution in [0.2, 0.25) is 0 Å². The first-order chi connectivity index (χ1) is 10.2. The molecule has 116 valence electrons. The predicted octanol–water partition coefficient (Wildman–Crippen LogP) is 2.25. The van der Waals surface area contributed by atoms with Crippen LogP contribution in [-0.4, -0.2) is 47.2 Å². The van der Waals surface area contributed by atoms with E-state index in [1.807, 2.05) is 17.5 Å². The highest BCUT2D eigenvalue weighted by molar-refractivity contribution is 7.12.